The summed E-state index contributed by atoms with van der Waals surface area (Å²) in [5.74, 6) is 0.920. The maximum atomic E-state index is 12.8. The minimum Gasteiger partial charge on any atom is -0.481 e. The highest BCUT2D eigenvalue weighted by Crippen LogP contribution is 2.33. The normalized spacial score (nSPS) is 11.5. The molecule has 0 unspecified atom stereocenters. The van der Waals surface area contributed by atoms with Crippen molar-refractivity contribution in [3.8, 4) is 23.5 Å². The second-order valence-electron chi connectivity index (χ2n) is 6.17. The van der Waals surface area contributed by atoms with Gasteiger partial charge in [-0.15, -0.1) is 0 Å². The van der Waals surface area contributed by atoms with Crippen LogP contribution in [0, 0.1) is 0 Å². The van der Waals surface area contributed by atoms with Gasteiger partial charge in [-0.1, -0.05) is 23.7 Å². The van der Waals surface area contributed by atoms with E-state index in [1.807, 2.05) is 0 Å². The van der Waals surface area contributed by atoms with Crippen LogP contribution in [0.5, 0.6) is 23.5 Å². The molecule has 0 spiro atoms. The number of hydrazone groups is 1. The standard InChI is InChI=1S/C20H17ClF3N5O3/c1-29(18-14(21)8-13(11-25-18)20(22,23)24)26-10-12-6-4-5-7-15(12)32-19-27-16(30-2)9-17(28-19)31-3/h4-11H,1-3H3. The van der Waals surface area contributed by atoms with E-state index in [1.54, 1.807) is 24.3 Å². The average Bonchev–Trinajstić information content (AvgIpc) is 2.77. The third kappa shape index (κ3) is 5.55. The average molecular weight is 468 g/mol. The van der Waals surface area contributed by atoms with Crippen LogP contribution in [0.4, 0.5) is 19.0 Å². The Morgan fingerprint density at radius 3 is 2.31 bits per heavy atom. The van der Waals surface area contributed by atoms with Crippen molar-refractivity contribution in [2.24, 2.45) is 5.10 Å². The molecule has 0 bridgehead atoms. The predicted molar refractivity (Wildman–Crippen MR) is 112 cm³/mol. The third-order valence-electron chi connectivity index (χ3n) is 4.02. The van der Waals surface area contributed by atoms with Crippen LogP contribution in [0.15, 0.2) is 47.7 Å². The van der Waals surface area contributed by atoms with E-state index in [2.05, 4.69) is 20.1 Å². The van der Waals surface area contributed by atoms with Gasteiger partial charge in [0.15, 0.2) is 5.82 Å². The minimum atomic E-state index is -4.54. The fraction of sp³-hybridized carbons (Fsp3) is 0.200. The Kier molecular flexibility index (Phi) is 6.98. The van der Waals surface area contributed by atoms with E-state index in [1.165, 1.54) is 38.6 Å². The van der Waals surface area contributed by atoms with Crippen LogP contribution < -0.4 is 19.2 Å². The number of alkyl halides is 3. The van der Waals surface area contributed by atoms with E-state index in [4.69, 9.17) is 25.8 Å². The number of anilines is 1. The first-order valence-electron chi connectivity index (χ1n) is 8.95. The van der Waals surface area contributed by atoms with Crippen molar-refractivity contribution in [2.75, 3.05) is 26.3 Å². The van der Waals surface area contributed by atoms with E-state index in [-0.39, 0.29) is 28.6 Å². The maximum Gasteiger partial charge on any atom is 0.417 e. The zero-order valence-electron chi connectivity index (χ0n) is 17.1. The number of para-hydroxylation sites is 1. The maximum absolute atomic E-state index is 12.8. The Balaban J connectivity index is 1.84. The van der Waals surface area contributed by atoms with Gasteiger partial charge >= 0.3 is 12.2 Å². The molecule has 2 heterocycles. The number of aromatic nitrogens is 3. The molecular weight excluding hydrogens is 451 g/mol. The van der Waals surface area contributed by atoms with Crippen molar-refractivity contribution >= 4 is 23.6 Å². The summed E-state index contributed by atoms with van der Waals surface area (Å²) >= 11 is 5.96. The number of hydrogen-bond acceptors (Lipinski definition) is 8. The zero-order valence-corrected chi connectivity index (χ0v) is 17.8. The monoisotopic (exact) mass is 467 g/mol. The number of halogens is 4. The first-order chi connectivity index (χ1) is 15.2. The second kappa shape index (κ2) is 9.69. The van der Waals surface area contributed by atoms with Gasteiger partial charge in [0.2, 0.25) is 11.8 Å². The molecule has 0 radical (unpaired) electrons. The van der Waals surface area contributed by atoms with E-state index < -0.39 is 11.7 Å². The molecule has 3 aromatic rings. The highest BCUT2D eigenvalue weighted by Gasteiger charge is 2.31. The Morgan fingerprint density at radius 2 is 1.72 bits per heavy atom. The van der Waals surface area contributed by atoms with Crippen molar-refractivity contribution in [1.82, 2.24) is 15.0 Å². The molecule has 0 aliphatic rings. The predicted octanol–water partition coefficient (Wildman–Crippen LogP) is 4.82. The SMILES string of the molecule is COc1cc(OC)nc(Oc2ccccc2C=NN(C)c2ncc(C(F)(F)F)cc2Cl)n1. The molecule has 0 fully saturated rings. The summed E-state index contributed by atoms with van der Waals surface area (Å²) in [7, 11) is 4.39. The minimum absolute atomic E-state index is 0.0112. The van der Waals surface area contributed by atoms with Gasteiger partial charge < -0.3 is 14.2 Å². The number of methoxy groups -OCH3 is 2. The molecule has 32 heavy (non-hydrogen) atoms. The smallest absolute Gasteiger partial charge is 0.417 e. The van der Waals surface area contributed by atoms with Gasteiger partial charge in [-0.05, 0) is 18.2 Å². The number of nitrogens with zero attached hydrogens (tertiary/aromatic N) is 5. The van der Waals surface area contributed by atoms with Crippen molar-refractivity contribution in [3.05, 3.63) is 58.7 Å². The van der Waals surface area contributed by atoms with Crippen LogP contribution in [0.3, 0.4) is 0 Å². The lowest BCUT2D eigenvalue weighted by Gasteiger charge is -2.15. The van der Waals surface area contributed by atoms with E-state index in [9.17, 15) is 13.2 Å². The highest BCUT2D eigenvalue weighted by atomic mass is 35.5. The van der Waals surface area contributed by atoms with Crippen LogP contribution >= 0.6 is 11.6 Å². The Bertz CT molecular complexity index is 1110. The quantitative estimate of drug-likeness (QED) is 0.364. The molecule has 0 aliphatic heterocycles. The topological polar surface area (TPSA) is 82.0 Å². The molecule has 0 N–H and O–H groups in total. The van der Waals surface area contributed by atoms with Gasteiger partial charge in [-0.25, -0.2) is 9.99 Å². The van der Waals surface area contributed by atoms with Gasteiger partial charge in [0, 0.05) is 18.8 Å². The number of ether oxygens (including phenoxy) is 3. The van der Waals surface area contributed by atoms with Crippen molar-refractivity contribution in [2.45, 2.75) is 6.18 Å². The summed E-state index contributed by atoms with van der Waals surface area (Å²) in [5.41, 5.74) is -0.413. The lowest BCUT2D eigenvalue weighted by Crippen LogP contribution is -2.13. The van der Waals surface area contributed by atoms with Crippen LogP contribution in [-0.2, 0) is 6.18 Å². The molecule has 0 saturated heterocycles. The van der Waals surface area contributed by atoms with E-state index in [0.717, 1.165) is 6.07 Å². The lowest BCUT2D eigenvalue weighted by molar-refractivity contribution is -0.137. The van der Waals surface area contributed by atoms with Crippen molar-refractivity contribution in [1.29, 1.82) is 0 Å². The molecule has 0 amide bonds. The van der Waals surface area contributed by atoms with Crippen molar-refractivity contribution in [3.63, 3.8) is 0 Å². The molecule has 12 heteroatoms. The summed E-state index contributed by atoms with van der Waals surface area (Å²) in [6.07, 6.45) is -2.42. The molecule has 0 atom stereocenters. The Morgan fingerprint density at radius 1 is 1.06 bits per heavy atom. The third-order valence-corrected chi connectivity index (χ3v) is 4.30. The van der Waals surface area contributed by atoms with Crippen LogP contribution in [-0.4, -0.2) is 42.4 Å². The molecule has 0 aliphatic carbocycles. The van der Waals surface area contributed by atoms with Gasteiger partial charge in [0.05, 0.1) is 37.1 Å². The first kappa shape index (κ1) is 23.1. The Labute approximate surface area is 186 Å². The number of rotatable bonds is 7. The molecule has 168 valence electrons. The van der Waals surface area contributed by atoms with Crippen LogP contribution in [0.2, 0.25) is 5.02 Å². The van der Waals surface area contributed by atoms with Crippen LogP contribution in [0.25, 0.3) is 0 Å². The van der Waals surface area contributed by atoms with Gasteiger partial charge in [0.1, 0.15) is 5.75 Å². The summed E-state index contributed by atoms with van der Waals surface area (Å²) in [6, 6.07) is 9.15. The van der Waals surface area contributed by atoms with Crippen molar-refractivity contribution < 1.29 is 27.4 Å². The molecule has 0 saturated carbocycles. The first-order valence-corrected chi connectivity index (χ1v) is 9.33. The van der Waals surface area contributed by atoms with E-state index >= 15 is 0 Å². The molecular formula is C20H17ClF3N5O3. The van der Waals surface area contributed by atoms with Gasteiger partial charge in [0.25, 0.3) is 0 Å². The summed E-state index contributed by atoms with van der Waals surface area (Å²) in [5, 5.41) is 5.24. The number of pyridine rings is 1. The summed E-state index contributed by atoms with van der Waals surface area (Å²) in [6.45, 7) is 0. The molecule has 1 aromatic carbocycles. The number of hydrogen-bond donors (Lipinski definition) is 0. The number of benzene rings is 1. The van der Waals surface area contributed by atoms with Gasteiger partial charge in [-0.3, -0.25) is 0 Å². The zero-order chi connectivity index (χ0) is 23.3. The Hall–Kier alpha value is -3.60. The summed E-state index contributed by atoms with van der Waals surface area (Å²) < 4.78 is 54.4. The van der Waals surface area contributed by atoms with Crippen LogP contribution in [0.1, 0.15) is 11.1 Å². The molecule has 8 nitrogen and oxygen atoms in total. The lowest BCUT2D eigenvalue weighted by atomic mass is 10.2. The largest absolute Gasteiger partial charge is 0.481 e. The summed E-state index contributed by atoms with van der Waals surface area (Å²) in [4.78, 5) is 12.0. The van der Waals surface area contributed by atoms with Gasteiger partial charge in [-0.2, -0.15) is 28.2 Å². The molecule has 2 aromatic heterocycles. The fourth-order valence-electron chi connectivity index (χ4n) is 2.44. The van der Waals surface area contributed by atoms with E-state index in [0.29, 0.717) is 17.5 Å². The second-order valence-corrected chi connectivity index (χ2v) is 6.58. The highest BCUT2D eigenvalue weighted by molar-refractivity contribution is 6.33. The molecule has 3 rings (SSSR count). The fourth-order valence-corrected chi connectivity index (χ4v) is 2.73.